The van der Waals surface area contributed by atoms with Gasteiger partial charge >= 0.3 is 6.03 Å². The van der Waals surface area contributed by atoms with Crippen LogP contribution in [0, 0.1) is 5.82 Å². The molecule has 0 bridgehead atoms. The van der Waals surface area contributed by atoms with Gasteiger partial charge in [-0.15, -0.1) is 0 Å². The number of rotatable bonds is 6. The minimum absolute atomic E-state index is 0.301. The van der Waals surface area contributed by atoms with Gasteiger partial charge in [-0.05, 0) is 17.7 Å². The Morgan fingerprint density at radius 3 is 2.81 bits per heavy atom. The number of benzene rings is 1. The van der Waals surface area contributed by atoms with E-state index < -0.39 is 0 Å². The Bertz CT molecular complexity index is 583. The Morgan fingerprint density at radius 1 is 1.33 bits per heavy atom. The molecular weight excluding hydrogens is 275 g/mol. The zero-order valence-corrected chi connectivity index (χ0v) is 11.7. The van der Waals surface area contributed by atoms with Gasteiger partial charge in [0.15, 0.2) is 5.82 Å². The minimum Gasteiger partial charge on any atom is -0.383 e. The summed E-state index contributed by atoms with van der Waals surface area (Å²) in [5, 5.41) is 9.47. The Morgan fingerprint density at radius 2 is 2.10 bits per heavy atom. The summed E-state index contributed by atoms with van der Waals surface area (Å²) in [7, 11) is 1.62. The Balaban J connectivity index is 1.78. The first-order valence-electron chi connectivity index (χ1n) is 6.49. The third-order valence-electron chi connectivity index (χ3n) is 2.77. The van der Waals surface area contributed by atoms with Crippen molar-refractivity contribution in [3.8, 4) is 0 Å². The standard InChI is InChI=1S/C14H17FN4O2/c1-21-9-8-19-7-6-13(18-19)17-14(20)16-10-11-2-4-12(15)5-3-11/h2-7H,8-10H2,1H3,(H2,16,17,18,20). The van der Waals surface area contributed by atoms with Crippen LogP contribution in [0.5, 0.6) is 0 Å². The van der Waals surface area contributed by atoms with Crippen molar-refractivity contribution in [3.63, 3.8) is 0 Å². The van der Waals surface area contributed by atoms with Gasteiger partial charge in [0.25, 0.3) is 0 Å². The first kappa shape index (κ1) is 15.0. The first-order valence-corrected chi connectivity index (χ1v) is 6.49. The number of urea groups is 1. The van der Waals surface area contributed by atoms with Gasteiger partial charge in [-0.3, -0.25) is 10.00 Å². The van der Waals surface area contributed by atoms with E-state index in [0.29, 0.717) is 25.5 Å². The summed E-state index contributed by atoms with van der Waals surface area (Å²) in [6.07, 6.45) is 1.76. The number of carbonyl (C=O) groups excluding carboxylic acids is 1. The number of ether oxygens (including phenoxy) is 1. The molecule has 0 saturated heterocycles. The highest BCUT2D eigenvalue weighted by Crippen LogP contribution is 2.04. The molecule has 2 rings (SSSR count). The van der Waals surface area contributed by atoms with Gasteiger partial charge in [0.05, 0.1) is 13.2 Å². The van der Waals surface area contributed by atoms with Gasteiger partial charge in [0, 0.05) is 25.9 Å². The fourth-order valence-corrected chi connectivity index (χ4v) is 1.68. The van der Waals surface area contributed by atoms with Gasteiger partial charge in [0.2, 0.25) is 0 Å². The molecule has 0 saturated carbocycles. The molecule has 0 fully saturated rings. The van der Waals surface area contributed by atoms with Crippen LogP contribution in [0.4, 0.5) is 15.0 Å². The topological polar surface area (TPSA) is 68.2 Å². The van der Waals surface area contributed by atoms with Crippen LogP contribution < -0.4 is 10.6 Å². The maximum Gasteiger partial charge on any atom is 0.320 e. The molecule has 7 heteroatoms. The second-order valence-corrected chi connectivity index (χ2v) is 4.39. The molecule has 2 N–H and O–H groups in total. The highest BCUT2D eigenvalue weighted by molar-refractivity contribution is 5.88. The number of methoxy groups -OCH3 is 1. The van der Waals surface area contributed by atoms with Crippen LogP contribution in [0.15, 0.2) is 36.5 Å². The number of anilines is 1. The molecule has 0 aliphatic carbocycles. The molecule has 0 spiro atoms. The largest absolute Gasteiger partial charge is 0.383 e. The van der Waals surface area contributed by atoms with Crippen molar-refractivity contribution in [2.24, 2.45) is 0 Å². The highest BCUT2D eigenvalue weighted by atomic mass is 19.1. The summed E-state index contributed by atoms with van der Waals surface area (Å²) in [5.74, 6) is 0.160. The summed E-state index contributed by atoms with van der Waals surface area (Å²) in [4.78, 5) is 11.7. The van der Waals surface area contributed by atoms with Crippen molar-refractivity contribution in [2.75, 3.05) is 19.0 Å². The lowest BCUT2D eigenvalue weighted by Gasteiger charge is -2.06. The molecule has 1 heterocycles. The molecule has 0 atom stereocenters. The molecule has 21 heavy (non-hydrogen) atoms. The van der Waals surface area contributed by atoms with E-state index in [1.807, 2.05) is 0 Å². The Kier molecular flexibility index (Phi) is 5.28. The molecule has 0 unspecified atom stereocenters. The average Bonchev–Trinajstić information content (AvgIpc) is 2.92. The van der Waals surface area contributed by atoms with Crippen LogP contribution in [0.2, 0.25) is 0 Å². The number of halogens is 1. The molecule has 0 aliphatic heterocycles. The normalized spacial score (nSPS) is 10.4. The zero-order chi connectivity index (χ0) is 15.1. The number of nitrogens with zero attached hydrogens (tertiary/aromatic N) is 2. The minimum atomic E-state index is -0.365. The van der Waals surface area contributed by atoms with Crippen molar-refractivity contribution >= 4 is 11.8 Å². The first-order chi connectivity index (χ1) is 10.2. The van der Waals surface area contributed by atoms with E-state index in [9.17, 15) is 9.18 Å². The number of hydrogen-bond donors (Lipinski definition) is 2. The van der Waals surface area contributed by atoms with Crippen molar-refractivity contribution in [1.82, 2.24) is 15.1 Å². The SMILES string of the molecule is COCCn1ccc(NC(=O)NCc2ccc(F)cc2)n1. The van der Waals surface area contributed by atoms with E-state index in [-0.39, 0.29) is 11.8 Å². The van der Waals surface area contributed by atoms with E-state index >= 15 is 0 Å². The molecule has 1 aromatic heterocycles. The van der Waals surface area contributed by atoms with Crippen molar-refractivity contribution in [3.05, 3.63) is 47.9 Å². The van der Waals surface area contributed by atoms with Crippen molar-refractivity contribution in [1.29, 1.82) is 0 Å². The quantitative estimate of drug-likeness (QED) is 0.855. The van der Waals surface area contributed by atoms with E-state index in [4.69, 9.17) is 4.74 Å². The summed E-state index contributed by atoms with van der Waals surface area (Å²) >= 11 is 0. The van der Waals surface area contributed by atoms with E-state index in [1.165, 1.54) is 12.1 Å². The van der Waals surface area contributed by atoms with Crippen LogP contribution in [-0.4, -0.2) is 29.5 Å². The van der Waals surface area contributed by atoms with Crippen LogP contribution in [0.3, 0.4) is 0 Å². The highest BCUT2D eigenvalue weighted by Gasteiger charge is 2.04. The number of hydrogen-bond acceptors (Lipinski definition) is 3. The molecule has 1 aromatic carbocycles. The Hall–Kier alpha value is -2.41. The number of carbonyl (C=O) groups is 1. The molecule has 6 nitrogen and oxygen atoms in total. The lowest BCUT2D eigenvalue weighted by molar-refractivity contribution is 0.183. The number of nitrogens with one attached hydrogen (secondary N) is 2. The van der Waals surface area contributed by atoms with Gasteiger partial charge in [0.1, 0.15) is 5.82 Å². The predicted molar refractivity (Wildman–Crippen MR) is 76.4 cm³/mol. The second-order valence-electron chi connectivity index (χ2n) is 4.39. The van der Waals surface area contributed by atoms with E-state index in [0.717, 1.165) is 5.56 Å². The van der Waals surface area contributed by atoms with E-state index in [2.05, 4.69) is 15.7 Å². The molecule has 2 amide bonds. The predicted octanol–water partition coefficient (Wildman–Crippen LogP) is 1.99. The van der Waals surface area contributed by atoms with Crippen molar-refractivity contribution < 1.29 is 13.9 Å². The van der Waals surface area contributed by atoms with Crippen LogP contribution >= 0.6 is 0 Å². The molecular formula is C14H17FN4O2. The van der Waals surface area contributed by atoms with Crippen LogP contribution in [0.1, 0.15) is 5.56 Å². The fraction of sp³-hybridized carbons (Fsp3) is 0.286. The smallest absolute Gasteiger partial charge is 0.320 e. The maximum absolute atomic E-state index is 12.7. The molecule has 0 radical (unpaired) electrons. The number of amides is 2. The third-order valence-corrected chi connectivity index (χ3v) is 2.77. The summed E-state index contributed by atoms with van der Waals surface area (Å²) < 4.78 is 19.4. The Labute approximate surface area is 121 Å². The van der Waals surface area contributed by atoms with Crippen molar-refractivity contribution in [2.45, 2.75) is 13.1 Å². The molecule has 0 aliphatic rings. The second kappa shape index (κ2) is 7.39. The summed E-state index contributed by atoms with van der Waals surface area (Å²) in [6.45, 7) is 1.49. The fourth-order valence-electron chi connectivity index (χ4n) is 1.68. The number of aromatic nitrogens is 2. The molecule has 2 aromatic rings. The average molecular weight is 292 g/mol. The zero-order valence-electron chi connectivity index (χ0n) is 11.7. The lowest BCUT2D eigenvalue weighted by atomic mass is 10.2. The van der Waals surface area contributed by atoms with Gasteiger partial charge in [-0.1, -0.05) is 12.1 Å². The molecule has 112 valence electrons. The van der Waals surface area contributed by atoms with Gasteiger partial charge < -0.3 is 10.1 Å². The van der Waals surface area contributed by atoms with Gasteiger partial charge in [-0.2, -0.15) is 5.10 Å². The monoisotopic (exact) mass is 292 g/mol. The van der Waals surface area contributed by atoms with E-state index in [1.54, 1.807) is 36.2 Å². The summed E-state index contributed by atoms with van der Waals surface area (Å²) in [5.41, 5.74) is 0.817. The van der Waals surface area contributed by atoms with Gasteiger partial charge in [-0.25, -0.2) is 9.18 Å². The maximum atomic E-state index is 12.7. The van der Waals surface area contributed by atoms with Crippen LogP contribution in [-0.2, 0) is 17.8 Å². The third kappa shape index (κ3) is 4.88. The summed E-state index contributed by atoms with van der Waals surface area (Å²) in [6, 6.07) is 7.28. The van der Waals surface area contributed by atoms with Crippen LogP contribution in [0.25, 0.3) is 0 Å². The lowest BCUT2D eigenvalue weighted by Crippen LogP contribution is -2.28.